The van der Waals surface area contributed by atoms with Crippen LogP contribution < -0.4 is 29.9 Å². The summed E-state index contributed by atoms with van der Waals surface area (Å²) in [5.74, 6) is -0.447. The van der Waals surface area contributed by atoms with Crippen molar-refractivity contribution in [1.29, 1.82) is 0 Å². The van der Waals surface area contributed by atoms with Crippen molar-refractivity contribution in [3.05, 3.63) is 63.7 Å². The van der Waals surface area contributed by atoms with Crippen LogP contribution in [0.1, 0.15) is 29.2 Å². The molecule has 1 atom stereocenters. The van der Waals surface area contributed by atoms with Gasteiger partial charge in [-0.3, -0.25) is 4.79 Å². The molecule has 10 nitrogen and oxygen atoms in total. The molecular weight excluding hydrogens is 458 g/mol. The van der Waals surface area contributed by atoms with Crippen molar-refractivity contribution in [3.63, 3.8) is 0 Å². The first kappa shape index (κ1) is 25.3. The number of ether oxygens (including phenoxy) is 4. The smallest absolute Gasteiger partial charge is 0.343 e. The van der Waals surface area contributed by atoms with Gasteiger partial charge in [-0.2, -0.15) is 0 Å². The number of carbonyl (C=O) groups is 1. The summed E-state index contributed by atoms with van der Waals surface area (Å²) in [7, 11) is 5.77. The average Bonchev–Trinajstić information content (AvgIpc) is 2.81. The van der Waals surface area contributed by atoms with Gasteiger partial charge in [-0.05, 0) is 24.6 Å². The number of hydrogen-bond donors (Lipinski definition) is 3. The van der Waals surface area contributed by atoms with E-state index in [1.54, 1.807) is 18.2 Å². The fourth-order valence-electron chi connectivity index (χ4n) is 3.79. The van der Waals surface area contributed by atoms with Crippen LogP contribution in [0.5, 0.6) is 34.5 Å². The van der Waals surface area contributed by atoms with Crippen LogP contribution >= 0.6 is 0 Å². The highest BCUT2D eigenvalue weighted by molar-refractivity contribution is 5.92. The van der Waals surface area contributed by atoms with Crippen LogP contribution in [0.4, 0.5) is 5.69 Å². The molecule has 1 aromatic heterocycles. The van der Waals surface area contributed by atoms with Gasteiger partial charge in [-0.1, -0.05) is 6.07 Å². The molecule has 0 aliphatic heterocycles. The number of anilines is 1. The highest BCUT2D eigenvalue weighted by atomic mass is 16.5. The number of carbonyl (C=O) groups excluding carboxylic acids is 1. The lowest BCUT2D eigenvalue weighted by molar-refractivity contribution is -0.116. The first-order valence-corrected chi connectivity index (χ1v) is 10.5. The first-order chi connectivity index (χ1) is 16.7. The second-order valence-electron chi connectivity index (χ2n) is 7.59. The van der Waals surface area contributed by atoms with Gasteiger partial charge in [-0.25, -0.2) is 4.79 Å². The van der Waals surface area contributed by atoms with Crippen LogP contribution in [0.3, 0.4) is 0 Å². The lowest BCUT2D eigenvalue weighted by atomic mass is 9.88. The van der Waals surface area contributed by atoms with E-state index in [0.717, 1.165) is 0 Å². The third kappa shape index (κ3) is 5.43. The topological polar surface area (TPSA) is 137 Å². The number of amides is 1. The quantitative estimate of drug-likeness (QED) is 0.415. The van der Waals surface area contributed by atoms with Crippen LogP contribution in [0.15, 0.2) is 45.6 Å². The number of methoxy groups -OCH3 is 4. The van der Waals surface area contributed by atoms with Crippen molar-refractivity contribution < 1.29 is 38.4 Å². The summed E-state index contributed by atoms with van der Waals surface area (Å²) in [4.78, 5) is 25.8. The SMILES string of the molecule is COc1ccc([C@H](CC(=O)Nc2cc(OC)c(OC)c(OC)c2)c2c(O)cc(C)oc2=O)cc1O. The van der Waals surface area contributed by atoms with E-state index in [-0.39, 0.29) is 35.0 Å². The Balaban J connectivity index is 2.01. The molecule has 0 fully saturated rings. The third-order valence-corrected chi connectivity index (χ3v) is 5.38. The Kier molecular flexibility index (Phi) is 7.75. The average molecular weight is 485 g/mol. The summed E-state index contributed by atoms with van der Waals surface area (Å²) in [6.45, 7) is 1.52. The molecule has 0 radical (unpaired) electrons. The molecule has 0 saturated carbocycles. The van der Waals surface area contributed by atoms with Crippen LogP contribution in [0.2, 0.25) is 0 Å². The second kappa shape index (κ2) is 10.7. The summed E-state index contributed by atoms with van der Waals surface area (Å²) in [6, 6.07) is 8.88. The molecule has 186 valence electrons. The molecule has 3 rings (SSSR count). The largest absolute Gasteiger partial charge is 0.507 e. The lowest BCUT2D eigenvalue weighted by Gasteiger charge is -2.19. The van der Waals surface area contributed by atoms with E-state index >= 15 is 0 Å². The van der Waals surface area contributed by atoms with Crippen LogP contribution in [0.25, 0.3) is 0 Å². The number of hydrogen-bond acceptors (Lipinski definition) is 9. The molecule has 0 aliphatic rings. The van der Waals surface area contributed by atoms with Crippen molar-refractivity contribution in [2.75, 3.05) is 33.8 Å². The van der Waals surface area contributed by atoms with E-state index in [4.69, 9.17) is 23.4 Å². The molecule has 0 unspecified atom stereocenters. The third-order valence-electron chi connectivity index (χ3n) is 5.38. The highest BCUT2D eigenvalue weighted by Crippen LogP contribution is 2.41. The number of nitrogens with one attached hydrogen (secondary N) is 1. The van der Waals surface area contributed by atoms with Gasteiger partial charge in [0.05, 0.1) is 34.0 Å². The minimum absolute atomic E-state index is 0.111. The Morgan fingerprint density at radius 3 is 2.06 bits per heavy atom. The van der Waals surface area contributed by atoms with Gasteiger partial charge in [-0.15, -0.1) is 0 Å². The van der Waals surface area contributed by atoms with Gasteiger partial charge in [0.15, 0.2) is 23.0 Å². The second-order valence-corrected chi connectivity index (χ2v) is 7.59. The van der Waals surface area contributed by atoms with E-state index in [9.17, 15) is 19.8 Å². The minimum Gasteiger partial charge on any atom is -0.507 e. The molecule has 3 N–H and O–H groups in total. The zero-order valence-electron chi connectivity index (χ0n) is 20.0. The van der Waals surface area contributed by atoms with E-state index in [1.807, 2.05) is 0 Å². The number of aryl methyl sites for hydroxylation is 1. The molecule has 0 saturated heterocycles. The molecule has 1 heterocycles. The van der Waals surface area contributed by atoms with Gasteiger partial charge < -0.3 is 38.9 Å². The Morgan fingerprint density at radius 2 is 1.54 bits per heavy atom. The van der Waals surface area contributed by atoms with Crippen molar-refractivity contribution in [2.24, 2.45) is 0 Å². The van der Waals surface area contributed by atoms with Gasteiger partial charge in [0, 0.05) is 36.2 Å². The maximum atomic E-state index is 13.1. The number of phenols is 1. The maximum absolute atomic E-state index is 13.1. The summed E-state index contributed by atoms with van der Waals surface area (Å²) in [5, 5.41) is 23.6. The number of aromatic hydroxyl groups is 2. The lowest BCUT2D eigenvalue weighted by Crippen LogP contribution is -2.21. The Bertz CT molecular complexity index is 1260. The molecule has 0 spiro atoms. The number of rotatable bonds is 9. The van der Waals surface area contributed by atoms with Crippen molar-refractivity contribution in [3.8, 4) is 34.5 Å². The fraction of sp³-hybridized carbons (Fsp3) is 0.280. The van der Waals surface area contributed by atoms with E-state index in [0.29, 0.717) is 28.5 Å². The normalized spacial score (nSPS) is 11.5. The highest BCUT2D eigenvalue weighted by Gasteiger charge is 2.27. The molecule has 3 aromatic rings. The van der Waals surface area contributed by atoms with Gasteiger partial charge in [0.25, 0.3) is 0 Å². The molecule has 10 heteroatoms. The number of benzene rings is 2. The monoisotopic (exact) mass is 485 g/mol. The van der Waals surface area contributed by atoms with Crippen LogP contribution in [-0.2, 0) is 4.79 Å². The molecule has 1 amide bonds. The molecule has 0 bridgehead atoms. The molecule has 2 aromatic carbocycles. The summed E-state index contributed by atoms with van der Waals surface area (Å²) in [6.07, 6.45) is -0.260. The summed E-state index contributed by atoms with van der Waals surface area (Å²) < 4.78 is 26.2. The fourth-order valence-corrected chi connectivity index (χ4v) is 3.79. The Labute approximate surface area is 201 Å². The van der Waals surface area contributed by atoms with Gasteiger partial charge in [0.1, 0.15) is 11.5 Å². The minimum atomic E-state index is -0.939. The zero-order valence-corrected chi connectivity index (χ0v) is 20.0. The predicted octanol–water partition coefficient (Wildman–Crippen LogP) is 3.55. The molecule has 35 heavy (non-hydrogen) atoms. The standard InChI is InChI=1S/C25H27NO9/c1-13-8-18(28)23(25(30)35-13)16(14-6-7-19(31-2)17(27)9-14)12-22(29)26-15-10-20(32-3)24(34-5)21(11-15)33-4/h6-11,16,27-28H,12H2,1-5H3,(H,26,29)/t16-/m0/s1. The van der Waals surface area contributed by atoms with Gasteiger partial charge >= 0.3 is 5.63 Å². The van der Waals surface area contributed by atoms with E-state index in [1.165, 1.54) is 53.6 Å². The Morgan fingerprint density at radius 1 is 0.914 bits per heavy atom. The predicted molar refractivity (Wildman–Crippen MR) is 127 cm³/mol. The van der Waals surface area contributed by atoms with E-state index < -0.39 is 17.5 Å². The zero-order chi connectivity index (χ0) is 25.7. The summed E-state index contributed by atoms with van der Waals surface area (Å²) in [5.41, 5.74) is -0.139. The maximum Gasteiger partial charge on any atom is 0.343 e. The van der Waals surface area contributed by atoms with Crippen molar-refractivity contribution >= 4 is 11.6 Å². The number of phenolic OH excluding ortho intramolecular Hbond substituents is 1. The van der Waals surface area contributed by atoms with E-state index in [2.05, 4.69) is 5.32 Å². The molecule has 0 aliphatic carbocycles. The van der Waals surface area contributed by atoms with Gasteiger partial charge in [0.2, 0.25) is 11.7 Å². The first-order valence-electron chi connectivity index (χ1n) is 10.5. The Hall–Kier alpha value is -4.34. The summed E-state index contributed by atoms with van der Waals surface area (Å²) >= 11 is 0. The molecular formula is C25H27NO9. The van der Waals surface area contributed by atoms with Crippen molar-refractivity contribution in [2.45, 2.75) is 19.3 Å². The van der Waals surface area contributed by atoms with Crippen LogP contribution in [-0.4, -0.2) is 44.6 Å². The van der Waals surface area contributed by atoms with Crippen LogP contribution in [0, 0.1) is 6.92 Å². The van der Waals surface area contributed by atoms with Crippen molar-refractivity contribution in [1.82, 2.24) is 0 Å².